The number of ether oxygens (including phenoxy) is 1. The number of hydrogen-bond donors (Lipinski definition) is 1. The molecular weight excluding hydrogens is 373 g/mol. The molecule has 3 rings (SSSR count). The number of carbonyl (C=O) groups excluding carboxylic acids is 1. The molecular formula is C19H19Cl2N3O2. The molecule has 0 unspecified atom stereocenters. The van der Waals surface area contributed by atoms with Gasteiger partial charge in [0.15, 0.2) is 6.61 Å². The molecule has 1 amide bonds. The number of nitrogens with zero attached hydrogens (tertiary/aromatic N) is 2. The van der Waals surface area contributed by atoms with Crippen molar-refractivity contribution < 1.29 is 9.53 Å². The third kappa shape index (κ3) is 5.13. The van der Waals surface area contributed by atoms with Crippen molar-refractivity contribution in [1.29, 1.82) is 0 Å². The standard InChI is InChI=1S/C19H19Cl2N3O2/c20-15-5-8-18(17(21)11-15)26-13-19(25)23-22-12-14-3-6-16(7-4-14)24-9-1-2-10-24/h3-8,11-12H,1-2,9-10,13H2,(H,23,25)/b22-12+. The Balaban J connectivity index is 1.46. The van der Waals surface area contributed by atoms with Gasteiger partial charge in [-0.3, -0.25) is 4.79 Å². The van der Waals surface area contributed by atoms with Crippen molar-refractivity contribution in [1.82, 2.24) is 5.43 Å². The molecule has 1 aliphatic rings. The summed E-state index contributed by atoms with van der Waals surface area (Å²) in [5.41, 5.74) is 4.56. The van der Waals surface area contributed by atoms with E-state index in [-0.39, 0.29) is 12.5 Å². The highest BCUT2D eigenvalue weighted by Crippen LogP contribution is 2.27. The number of amides is 1. The van der Waals surface area contributed by atoms with Crippen LogP contribution in [-0.2, 0) is 4.79 Å². The van der Waals surface area contributed by atoms with Crippen LogP contribution in [0.3, 0.4) is 0 Å². The topological polar surface area (TPSA) is 53.9 Å². The van der Waals surface area contributed by atoms with Gasteiger partial charge in [-0.2, -0.15) is 5.10 Å². The van der Waals surface area contributed by atoms with E-state index in [9.17, 15) is 4.79 Å². The minimum absolute atomic E-state index is 0.188. The summed E-state index contributed by atoms with van der Waals surface area (Å²) in [7, 11) is 0. The van der Waals surface area contributed by atoms with E-state index in [2.05, 4.69) is 27.6 Å². The predicted molar refractivity (Wildman–Crippen MR) is 106 cm³/mol. The summed E-state index contributed by atoms with van der Waals surface area (Å²) in [5.74, 6) is 0.0219. The number of halogens is 2. The minimum atomic E-state index is -0.374. The van der Waals surface area contributed by atoms with Crippen LogP contribution in [0.15, 0.2) is 47.6 Å². The second-order valence-corrected chi connectivity index (χ2v) is 6.79. The van der Waals surface area contributed by atoms with Gasteiger partial charge in [-0.15, -0.1) is 0 Å². The third-order valence-corrected chi connectivity index (χ3v) is 4.55. The van der Waals surface area contributed by atoms with E-state index in [0.29, 0.717) is 15.8 Å². The van der Waals surface area contributed by atoms with E-state index in [4.69, 9.17) is 27.9 Å². The van der Waals surface area contributed by atoms with Gasteiger partial charge in [-0.1, -0.05) is 35.3 Å². The van der Waals surface area contributed by atoms with Crippen LogP contribution < -0.4 is 15.1 Å². The Morgan fingerprint density at radius 2 is 1.88 bits per heavy atom. The fraction of sp³-hybridized carbons (Fsp3) is 0.263. The maximum Gasteiger partial charge on any atom is 0.277 e. The first-order valence-corrected chi connectivity index (χ1v) is 9.12. The molecule has 2 aromatic rings. The molecule has 0 spiro atoms. The molecule has 1 heterocycles. The Labute approximate surface area is 162 Å². The smallest absolute Gasteiger partial charge is 0.277 e. The Bertz CT molecular complexity index is 788. The third-order valence-electron chi connectivity index (χ3n) is 4.02. The molecule has 5 nitrogen and oxygen atoms in total. The maximum absolute atomic E-state index is 11.8. The average Bonchev–Trinajstić information content (AvgIpc) is 3.16. The van der Waals surface area contributed by atoms with Crippen LogP contribution in [0.5, 0.6) is 5.75 Å². The van der Waals surface area contributed by atoms with Gasteiger partial charge in [-0.05, 0) is 48.7 Å². The summed E-state index contributed by atoms with van der Waals surface area (Å²) in [6.07, 6.45) is 4.10. The van der Waals surface area contributed by atoms with Crippen molar-refractivity contribution in [2.75, 3.05) is 24.6 Å². The Hall–Kier alpha value is -2.24. The number of nitrogens with one attached hydrogen (secondary N) is 1. The van der Waals surface area contributed by atoms with Gasteiger partial charge in [0, 0.05) is 23.8 Å². The number of carbonyl (C=O) groups is 1. The first kappa shape index (κ1) is 18.5. The Morgan fingerprint density at radius 1 is 1.15 bits per heavy atom. The molecule has 0 saturated carbocycles. The van der Waals surface area contributed by atoms with E-state index >= 15 is 0 Å². The van der Waals surface area contributed by atoms with Gasteiger partial charge in [0.1, 0.15) is 5.75 Å². The number of benzene rings is 2. The molecule has 1 fully saturated rings. The van der Waals surface area contributed by atoms with Crippen molar-refractivity contribution in [3.8, 4) is 5.75 Å². The molecule has 1 aliphatic heterocycles. The summed E-state index contributed by atoms with van der Waals surface area (Å²) >= 11 is 11.8. The molecule has 0 aromatic heterocycles. The van der Waals surface area contributed by atoms with E-state index in [1.54, 1.807) is 24.4 Å². The van der Waals surface area contributed by atoms with Crippen molar-refractivity contribution >= 4 is 41.0 Å². The van der Waals surface area contributed by atoms with Gasteiger partial charge < -0.3 is 9.64 Å². The van der Waals surface area contributed by atoms with Gasteiger partial charge in [-0.25, -0.2) is 5.43 Å². The van der Waals surface area contributed by atoms with Crippen molar-refractivity contribution in [3.05, 3.63) is 58.1 Å². The molecule has 2 aromatic carbocycles. The fourth-order valence-corrected chi connectivity index (χ4v) is 3.16. The van der Waals surface area contributed by atoms with Crippen LogP contribution in [0.4, 0.5) is 5.69 Å². The van der Waals surface area contributed by atoms with E-state index < -0.39 is 0 Å². The minimum Gasteiger partial charge on any atom is -0.482 e. The Kier molecular flexibility index (Phi) is 6.36. The first-order chi connectivity index (χ1) is 12.6. The molecule has 1 saturated heterocycles. The highest BCUT2D eigenvalue weighted by Gasteiger charge is 2.11. The van der Waals surface area contributed by atoms with Crippen LogP contribution in [0.2, 0.25) is 10.0 Å². The number of anilines is 1. The Morgan fingerprint density at radius 3 is 2.58 bits per heavy atom. The SMILES string of the molecule is O=C(COc1ccc(Cl)cc1Cl)N/N=C/c1ccc(N2CCCC2)cc1. The summed E-state index contributed by atoms with van der Waals surface area (Å²) in [4.78, 5) is 14.2. The monoisotopic (exact) mass is 391 g/mol. The molecule has 0 radical (unpaired) electrons. The van der Waals surface area contributed by atoms with E-state index in [1.807, 2.05) is 12.1 Å². The molecule has 0 bridgehead atoms. The van der Waals surface area contributed by atoms with Crippen LogP contribution in [0, 0.1) is 0 Å². The summed E-state index contributed by atoms with van der Waals surface area (Å²) in [6, 6.07) is 12.9. The second kappa shape index (κ2) is 8.92. The second-order valence-electron chi connectivity index (χ2n) is 5.94. The van der Waals surface area contributed by atoms with Crippen molar-refractivity contribution in [2.45, 2.75) is 12.8 Å². The molecule has 0 atom stereocenters. The molecule has 26 heavy (non-hydrogen) atoms. The quantitative estimate of drug-likeness (QED) is 0.594. The number of hydrazone groups is 1. The lowest BCUT2D eigenvalue weighted by molar-refractivity contribution is -0.123. The lowest BCUT2D eigenvalue weighted by Crippen LogP contribution is -2.24. The molecule has 0 aliphatic carbocycles. The highest BCUT2D eigenvalue weighted by molar-refractivity contribution is 6.35. The van der Waals surface area contributed by atoms with Gasteiger partial charge in [0.25, 0.3) is 5.91 Å². The van der Waals surface area contributed by atoms with E-state index in [1.165, 1.54) is 18.5 Å². The zero-order valence-electron chi connectivity index (χ0n) is 14.1. The highest BCUT2D eigenvalue weighted by atomic mass is 35.5. The maximum atomic E-state index is 11.8. The zero-order valence-corrected chi connectivity index (χ0v) is 15.6. The van der Waals surface area contributed by atoms with Gasteiger partial charge >= 0.3 is 0 Å². The number of rotatable bonds is 6. The fourth-order valence-electron chi connectivity index (χ4n) is 2.69. The van der Waals surface area contributed by atoms with Crippen LogP contribution in [-0.4, -0.2) is 31.8 Å². The molecule has 1 N–H and O–H groups in total. The van der Waals surface area contributed by atoms with Crippen molar-refractivity contribution in [2.24, 2.45) is 5.10 Å². The molecule has 7 heteroatoms. The van der Waals surface area contributed by atoms with Crippen molar-refractivity contribution in [3.63, 3.8) is 0 Å². The lowest BCUT2D eigenvalue weighted by atomic mass is 10.2. The average molecular weight is 392 g/mol. The summed E-state index contributed by atoms with van der Waals surface area (Å²) in [6.45, 7) is 2.04. The van der Waals surface area contributed by atoms with Crippen LogP contribution in [0.1, 0.15) is 18.4 Å². The van der Waals surface area contributed by atoms with E-state index in [0.717, 1.165) is 18.7 Å². The van der Waals surface area contributed by atoms with Gasteiger partial charge in [0.2, 0.25) is 0 Å². The lowest BCUT2D eigenvalue weighted by Gasteiger charge is -2.17. The summed E-state index contributed by atoms with van der Waals surface area (Å²) < 4.78 is 5.35. The molecule has 136 valence electrons. The normalized spacial score (nSPS) is 14.0. The van der Waals surface area contributed by atoms with Gasteiger partial charge in [0.05, 0.1) is 11.2 Å². The van der Waals surface area contributed by atoms with Crippen LogP contribution >= 0.6 is 23.2 Å². The largest absolute Gasteiger partial charge is 0.482 e. The summed E-state index contributed by atoms with van der Waals surface area (Å²) in [5, 5.41) is 4.81. The first-order valence-electron chi connectivity index (χ1n) is 8.36. The predicted octanol–water partition coefficient (Wildman–Crippen LogP) is 4.12. The number of hydrogen-bond acceptors (Lipinski definition) is 4. The zero-order chi connectivity index (χ0) is 18.4. The van der Waals surface area contributed by atoms with Crippen LogP contribution in [0.25, 0.3) is 0 Å².